The van der Waals surface area contributed by atoms with Gasteiger partial charge in [0, 0.05) is 22.0 Å². The van der Waals surface area contributed by atoms with Crippen molar-refractivity contribution in [3.05, 3.63) is 50.4 Å². The van der Waals surface area contributed by atoms with E-state index in [-0.39, 0.29) is 0 Å². The molecule has 0 bridgehead atoms. The standard InChI is InChI=1S/C16H21ClN2S/c1-5-15(13-7-6-8-14(17)9-13)19-11(3)16-10(2)18-12(4)20-16/h6-9,11,15,19H,5H2,1-4H3. The smallest absolute Gasteiger partial charge is 0.0900 e. The number of nitrogens with zero attached hydrogens (tertiary/aromatic N) is 1. The van der Waals surface area contributed by atoms with Crippen LogP contribution in [0.3, 0.4) is 0 Å². The summed E-state index contributed by atoms with van der Waals surface area (Å²) in [7, 11) is 0. The van der Waals surface area contributed by atoms with Gasteiger partial charge in [0.05, 0.1) is 10.7 Å². The van der Waals surface area contributed by atoms with E-state index < -0.39 is 0 Å². The molecular formula is C16H21ClN2S. The molecular weight excluding hydrogens is 288 g/mol. The predicted octanol–water partition coefficient (Wildman–Crippen LogP) is 5.22. The SMILES string of the molecule is CCC(NC(C)c1sc(C)nc1C)c1cccc(Cl)c1. The summed E-state index contributed by atoms with van der Waals surface area (Å²) in [5, 5.41) is 5.61. The third-order valence-electron chi connectivity index (χ3n) is 3.44. The summed E-state index contributed by atoms with van der Waals surface area (Å²) in [6, 6.07) is 8.70. The van der Waals surface area contributed by atoms with E-state index in [1.165, 1.54) is 10.4 Å². The Kier molecular flexibility index (Phi) is 5.19. The Bertz CT molecular complexity index is 580. The van der Waals surface area contributed by atoms with Gasteiger partial charge < -0.3 is 5.32 Å². The molecule has 4 heteroatoms. The number of hydrogen-bond donors (Lipinski definition) is 1. The Balaban J connectivity index is 2.16. The maximum Gasteiger partial charge on any atom is 0.0900 e. The molecule has 0 aliphatic heterocycles. The third-order valence-corrected chi connectivity index (χ3v) is 4.93. The van der Waals surface area contributed by atoms with E-state index in [0.29, 0.717) is 12.1 Å². The molecule has 0 radical (unpaired) electrons. The minimum Gasteiger partial charge on any atom is -0.303 e. The zero-order chi connectivity index (χ0) is 14.7. The first-order chi connectivity index (χ1) is 9.51. The van der Waals surface area contributed by atoms with Crippen molar-refractivity contribution in [2.45, 2.75) is 46.2 Å². The molecule has 20 heavy (non-hydrogen) atoms. The maximum absolute atomic E-state index is 6.09. The largest absolute Gasteiger partial charge is 0.303 e. The van der Waals surface area contributed by atoms with Gasteiger partial charge in [0.15, 0.2) is 0 Å². The summed E-state index contributed by atoms with van der Waals surface area (Å²) in [6.45, 7) is 8.53. The molecule has 0 saturated heterocycles. The number of nitrogens with one attached hydrogen (secondary N) is 1. The van der Waals surface area contributed by atoms with E-state index in [9.17, 15) is 0 Å². The summed E-state index contributed by atoms with van der Waals surface area (Å²) < 4.78 is 0. The minimum atomic E-state index is 0.296. The zero-order valence-corrected chi connectivity index (χ0v) is 14.0. The van der Waals surface area contributed by atoms with E-state index in [4.69, 9.17) is 11.6 Å². The lowest BCUT2D eigenvalue weighted by Gasteiger charge is -2.22. The normalized spacial score (nSPS) is 14.2. The van der Waals surface area contributed by atoms with Crippen LogP contribution in [-0.4, -0.2) is 4.98 Å². The number of aromatic nitrogens is 1. The highest BCUT2D eigenvalue weighted by atomic mass is 35.5. The minimum absolute atomic E-state index is 0.296. The van der Waals surface area contributed by atoms with Crippen LogP contribution in [-0.2, 0) is 0 Å². The fourth-order valence-corrected chi connectivity index (χ4v) is 3.64. The van der Waals surface area contributed by atoms with Crippen molar-refractivity contribution >= 4 is 22.9 Å². The van der Waals surface area contributed by atoms with Crippen LogP contribution < -0.4 is 5.32 Å². The molecule has 0 spiro atoms. The fourth-order valence-electron chi connectivity index (χ4n) is 2.50. The molecule has 0 saturated carbocycles. The molecule has 1 aromatic heterocycles. The van der Waals surface area contributed by atoms with E-state index in [1.54, 1.807) is 11.3 Å². The lowest BCUT2D eigenvalue weighted by molar-refractivity contribution is 0.459. The van der Waals surface area contributed by atoms with Gasteiger partial charge >= 0.3 is 0 Å². The summed E-state index contributed by atoms with van der Waals surface area (Å²) in [5.41, 5.74) is 2.37. The van der Waals surface area contributed by atoms with Gasteiger partial charge in [-0.05, 0) is 44.9 Å². The van der Waals surface area contributed by atoms with Gasteiger partial charge in [-0.3, -0.25) is 0 Å². The molecule has 1 N–H and O–H groups in total. The highest BCUT2D eigenvalue weighted by Gasteiger charge is 2.17. The van der Waals surface area contributed by atoms with Gasteiger partial charge in [-0.25, -0.2) is 4.98 Å². The van der Waals surface area contributed by atoms with Crippen LogP contribution in [0.25, 0.3) is 0 Å². The van der Waals surface area contributed by atoms with Crippen molar-refractivity contribution in [2.24, 2.45) is 0 Å². The predicted molar refractivity (Wildman–Crippen MR) is 87.6 cm³/mol. The van der Waals surface area contributed by atoms with Crippen LogP contribution in [0.5, 0.6) is 0 Å². The van der Waals surface area contributed by atoms with Crippen LogP contribution >= 0.6 is 22.9 Å². The third kappa shape index (κ3) is 3.60. The zero-order valence-electron chi connectivity index (χ0n) is 12.4. The van der Waals surface area contributed by atoms with Crippen molar-refractivity contribution in [2.75, 3.05) is 0 Å². The summed E-state index contributed by atoms with van der Waals surface area (Å²) in [5.74, 6) is 0. The quantitative estimate of drug-likeness (QED) is 0.819. The van der Waals surface area contributed by atoms with E-state index >= 15 is 0 Å². The number of aryl methyl sites for hydroxylation is 2. The molecule has 2 aromatic rings. The van der Waals surface area contributed by atoms with Crippen LogP contribution in [0.4, 0.5) is 0 Å². The maximum atomic E-state index is 6.09. The van der Waals surface area contributed by atoms with Crippen LogP contribution in [0.15, 0.2) is 24.3 Å². The van der Waals surface area contributed by atoms with Crippen molar-refractivity contribution in [3.63, 3.8) is 0 Å². The molecule has 0 fully saturated rings. The van der Waals surface area contributed by atoms with Gasteiger partial charge in [-0.2, -0.15) is 0 Å². The van der Waals surface area contributed by atoms with Gasteiger partial charge in [0.1, 0.15) is 0 Å². The van der Waals surface area contributed by atoms with Crippen molar-refractivity contribution in [1.29, 1.82) is 0 Å². The second kappa shape index (κ2) is 6.70. The number of benzene rings is 1. The summed E-state index contributed by atoms with van der Waals surface area (Å²) in [4.78, 5) is 5.83. The molecule has 2 rings (SSSR count). The molecule has 2 atom stereocenters. The first-order valence-electron chi connectivity index (χ1n) is 6.96. The monoisotopic (exact) mass is 308 g/mol. The molecule has 2 nitrogen and oxygen atoms in total. The van der Waals surface area contributed by atoms with E-state index in [0.717, 1.165) is 22.1 Å². The lowest BCUT2D eigenvalue weighted by atomic mass is 10.0. The van der Waals surface area contributed by atoms with Crippen LogP contribution in [0.2, 0.25) is 5.02 Å². The first kappa shape index (κ1) is 15.5. The molecule has 1 heterocycles. The Morgan fingerprint density at radius 2 is 2.10 bits per heavy atom. The second-order valence-electron chi connectivity index (χ2n) is 5.09. The highest BCUT2D eigenvalue weighted by Crippen LogP contribution is 2.28. The highest BCUT2D eigenvalue weighted by molar-refractivity contribution is 7.11. The molecule has 1 aromatic carbocycles. The van der Waals surface area contributed by atoms with Gasteiger partial charge in [0.25, 0.3) is 0 Å². The van der Waals surface area contributed by atoms with E-state index in [1.807, 2.05) is 18.2 Å². The topological polar surface area (TPSA) is 24.9 Å². The van der Waals surface area contributed by atoms with Crippen molar-refractivity contribution in [3.8, 4) is 0 Å². The lowest BCUT2D eigenvalue weighted by Crippen LogP contribution is -2.24. The number of hydrogen-bond acceptors (Lipinski definition) is 3. The van der Waals surface area contributed by atoms with Gasteiger partial charge in [-0.15, -0.1) is 11.3 Å². The molecule has 0 aliphatic rings. The Morgan fingerprint density at radius 3 is 2.65 bits per heavy atom. The van der Waals surface area contributed by atoms with Crippen LogP contribution in [0.1, 0.15) is 53.5 Å². The van der Waals surface area contributed by atoms with Crippen molar-refractivity contribution < 1.29 is 0 Å². The number of rotatable bonds is 5. The summed E-state index contributed by atoms with van der Waals surface area (Å²) >= 11 is 7.87. The van der Waals surface area contributed by atoms with E-state index in [2.05, 4.69) is 44.1 Å². The fraction of sp³-hybridized carbons (Fsp3) is 0.438. The second-order valence-corrected chi connectivity index (χ2v) is 6.76. The average molecular weight is 309 g/mol. The summed E-state index contributed by atoms with van der Waals surface area (Å²) in [6.07, 6.45) is 1.03. The van der Waals surface area contributed by atoms with Crippen LogP contribution in [0, 0.1) is 13.8 Å². The number of halogens is 1. The average Bonchev–Trinajstić information content (AvgIpc) is 2.75. The molecule has 0 amide bonds. The molecule has 2 unspecified atom stereocenters. The van der Waals surface area contributed by atoms with Gasteiger partial charge in [0.2, 0.25) is 0 Å². The van der Waals surface area contributed by atoms with Crippen molar-refractivity contribution in [1.82, 2.24) is 10.3 Å². The molecule has 0 aliphatic carbocycles. The first-order valence-corrected chi connectivity index (χ1v) is 8.16. The van der Waals surface area contributed by atoms with Gasteiger partial charge in [-0.1, -0.05) is 30.7 Å². The molecule has 108 valence electrons. The Morgan fingerprint density at radius 1 is 1.35 bits per heavy atom. The Hall–Kier alpha value is -0.900. The number of thiazole rings is 1. The Labute approximate surface area is 130 Å².